The van der Waals surface area contributed by atoms with Gasteiger partial charge in [-0.2, -0.15) is 0 Å². The van der Waals surface area contributed by atoms with Crippen molar-refractivity contribution in [1.29, 1.82) is 0 Å². The van der Waals surface area contributed by atoms with Gasteiger partial charge in [0.1, 0.15) is 0 Å². The molecule has 0 fully saturated rings. The van der Waals surface area contributed by atoms with Crippen LogP contribution in [0.3, 0.4) is 0 Å². The van der Waals surface area contributed by atoms with Crippen LogP contribution < -0.4 is 8.85 Å². The molecule has 0 bridgehead atoms. The molecule has 2 amide bonds. The van der Waals surface area contributed by atoms with Crippen LogP contribution in [0.5, 0.6) is 0 Å². The average Bonchev–Trinajstić information content (AvgIpc) is 3.00. The Bertz CT molecular complexity index is 1420. The number of amides is 2. The van der Waals surface area contributed by atoms with Crippen molar-refractivity contribution in [1.82, 2.24) is 8.85 Å². The molecule has 0 spiro atoms. The molecule has 250 valence electrons. The van der Waals surface area contributed by atoms with Crippen molar-refractivity contribution in [3.8, 4) is 0 Å². The first-order chi connectivity index (χ1) is 21.7. The van der Waals surface area contributed by atoms with Crippen molar-refractivity contribution >= 4 is 65.1 Å². The minimum atomic E-state index is -2.94. The number of Topliss-reactive ketones (excluding diaryl/α,β-unsaturated/α-hetero) is 2. The number of nitrogens with one attached hydrogen (secondary N) is 2. The normalized spacial score (nSPS) is 14.4. The number of carbonyl (C=O) groups is 5. The van der Waals surface area contributed by atoms with Gasteiger partial charge in [0.05, 0.1) is 0 Å². The molecular weight excluding hydrogens is 719 g/mol. The van der Waals surface area contributed by atoms with Gasteiger partial charge in [0.2, 0.25) is 0 Å². The number of ether oxygens (including phenoxy) is 1. The zero-order valence-corrected chi connectivity index (χ0v) is 30.6. The number of esters is 1. The van der Waals surface area contributed by atoms with E-state index in [1.54, 1.807) is 39.0 Å². The van der Waals surface area contributed by atoms with Crippen LogP contribution in [-0.4, -0.2) is 40.0 Å². The Hall–Kier alpha value is -3.31. The fraction of sp³-hybridized carbons (Fsp3) is 0.417. The first-order valence-corrected chi connectivity index (χ1v) is 19.4. The second-order valence-electron chi connectivity index (χ2n) is 11.8. The summed E-state index contributed by atoms with van der Waals surface area (Å²) in [5, 5.41) is 3.07. The van der Waals surface area contributed by atoms with E-state index in [2.05, 4.69) is 34.8 Å². The van der Waals surface area contributed by atoms with Gasteiger partial charge < -0.3 is 0 Å². The van der Waals surface area contributed by atoms with Gasteiger partial charge in [-0.3, -0.25) is 0 Å². The molecule has 0 unspecified atom stereocenters. The summed E-state index contributed by atoms with van der Waals surface area (Å²) in [6.45, 7) is 12.2. The first kappa shape index (κ1) is 38.9. The average molecular weight is 765 g/mol. The third kappa shape index (κ3) is 13.2. The second-order valence-corrected chi connectivity index (χ2v) is 16.6. The van der Waals surface area contributed by atoms with Gasteiger partial charge in [-0.15, -0.1) is 0 Å². The van der Waals surface area contributed by atoms with Crippen molar-refractivity contribution in [3.63, 3.8) is 0 Å². The van der Waals surface area contributed by atoms with E-state index in [1.807, 2.05) is 36.4 Å². The maximum atomic E-state index is 13.4. The number of ketones is 2. The summed E-state index contributed by atoms with van der Waals surface area (Å²) in [5.74, 6) is -1.70. The van der Waals surface area contributed by atoms with Gasteiger partial charge in [-0.1, -0.05) is 6.07 Å². The third-order valence-electron chi connectivity index (χ3n) is 7.38. The van der Waals surface area contributed by atoms with Crippen molar-refractivity contribution in [2.75, 3.05) is 6.54 Å². The third-order valence-corrected chi connectivity index (χ3v) is 12.1. The van der Waals surface area contributed by atoms with Crippen LogP contribution in [0.15, 0.2) is 66.8 Å². The van der Waals surface area contributed by atoms with Crippen LogP contribution in [0.2, 0.25) is 5.02 Å². The fourth-order valence-corrected chi connectivity index (χ4v) is 8.29. The summed E-state index contributed by atoms with van der Waals surface area (Å²) in [7, 11) is 0. The van der Waals surface area contributed by atoms with E-state index >= 15 is 0 Å². The minimum absolute atomic E-state index is 0.0178. The first-order valence-electron chi connectivity index (χ1n) is 15.3. The van der Waals surface area contributed by atoms with Gasteiger partial charge >= 0.3 is 281 Å². The number of carbonyl (C=O) groups excluding carboxylic acids is 5. The van der Waals surface area contributed by atoms with Crippen LogP contribution in [0.25, 0.3) is 6.08 Å². The van der Waals surface area contributed by atoms with Crippen molar-refractivity contribution in [2.24, 2.45) is 23.7 Å². The summed E-state index contributed by atoms with van der Waals surface area (Å²) < 4.78 is 8.22. The molecule has 0 aliphatic heterocycles. The predicted molar refractivity (Wildman–Crippen MR) is 193 cm³/mol. The van der Waals surface area contributed by atoms with Gasteiger partial charge in [0.15, 0.2) is 0 Å². The molecule has 0 saturated heterocycles. The molecule has 0 aromatic heterocycles. The van der Waals surface area contributed by atoms with Crippen LogP contribution >= 0.6 is 31.7 Å². The Kier molecular flexibility index (Phi) is 16.4. The summed E-state index contributed by atoms with van der Waals surface area (Å²) in [4.78, 5) is 62.7. The Morgan fingerprint density at radius 3 is 2.22 bits per heavy atom. The standard InChI is InChI=1S/C36H46ClIN2O6/c1-23(2)34(28(7)42)46-35(44)26(5)22-39-36(45)38(21-30-18-19-31(27(6)41)32(37)20-30)40-33(43)15-11-12-24(3)25(4)16-17-29-13-9-8-10-14-29/h8-11,13-20,23-26,34H,12,21-22H2,1-7H3,(H,39,45)(H,40,43)/b15-11+,17-16+/t24-,25+,26+,34-/m0/s1. The van der Waals surface area contributed by atoms with E-state index in [9.17, 15) is 24.0 Å². The monoisotopic (exact) mass is 764 g/mol. The summed E-state index contributed by atoms with van der Waals surface area (Å²) in [6, 6.07) is 15.0. The van der Waals surface area contributed by atoms with E-state index < -0.39 is 38.1 Å². The predicted octanol–water partition coefficient (Wildman–Crippen LogP) is 8.01. The van der Waals surface area contributed by atoms with Crippen LogP contribution in [0.1, 0.15) is 76.4 Å². The van der Waals surface area contributed by atoms with Gasteiger partial charge in [0.25, 0.3) is 0 Å². The molecule has 2 aromatic carbocycles. The van der Waals surface area contributed by atoms with Crippen molar-refractivity contribution in [3.05, 3.63) is 88.5 Å². The molecule has 2 N–H and O–H groups in total. The van der Waals surface area contributed by atoms with E-state index in [1.165, 1.54) is 19.9 Å². The number of hydrogen-bond acceptors (Lipinski definition) is 6. The molecule has 0 aliphatic rings. The second kappa shape index (κ2) is 19.4. The zero-order chi connectivity index (χ0) is 34.4. The van der Waals surface area contributed by atoms with E-state index in [4.69, 9.17) is 16.3 Å². The van der Waals surface area contributed by atoms with Gasteiger partial charge in [-0.25, -0.2) is 0 Å². The number of allylic oxidation sites excluding steroid dienone is 2. The molecule has 0 radical (unpaired) electrons. The molecule has 0 aliphatic carbocycles. The number of benzene rings is 2. The Labute approximate surface area is 285 Å². The summed E-state index contributed by atoms with van der Waals surface area (Å²) >= 11 is 3.37. The number of rotatable bonds is 17. The molecule has 4 atom stereocenters. The summed E-state index contributed by atoms with van der Waals surface area (Å²) in [5.41, 5.74) is 2.22. The Balaban J connectivity index is 2.09. The zero-order valence-electron chi connectivity index (χ0n) is 27.6. The molecule has 8 nitrogen and oxygen atoms in total. The summed E-state index contributed by atoms with van der Waals surface area (Å²) in [6.07, 6.45) is 7.35. The topological polar surface area (TPSA) is 119 Å². The van der Waals surface area contributed by atoms with Gasteiger partial charge in [-0.05, 0) is 0 Å². The van der Waals surface area contributed by atoms with Crippen molar-refractivity contribution < 1.29 is 28.7 Å². The van der Waals surface area contributed by atoms with Crippen molar-refractivity contribution in [2.45, 2.75) is 65.4 Å². The molecule has 10 heteroatoms. The number of hydrogen-bond donors (Lipinski definition) is 2. The van der Waals surface area contributed by atoms with Crippen LogP contribution in [0.4, 0.5) is 4.79 Å². The van der Waals surface area contributed by atoms with Crippen LogP contribution in [0, 0.1) is 23.7 Å². The Morgan fingerprint density at radius 1 is 0.957 bits per heavy atom. The van der Waals surface area contributed by atoms with Crippen LogP contribution in [-0.2, 0) is 23.5 Å². The SMILES string of the molecule is CC(=O)c1ccc(CI(NC(=O)/C=C/C[C@H](C)[C@H](C)/C=C/c2ccccc2)C(=O)NC[C@@H](C)C(=O)O[C@H](C(C)=O)C(C)C)cc1Cl. The fourth-order valence-electron chi connectivity index (χ4n) is 4.31. The molecule has 2 rings (SSSR count). The van der Waals surface area contributed by atoms with E-state index in [-0.39, 0.29) is 55.1 Å². The van der Waals surface area contributed by atoms with E-state index in [0.29, 0.717) is 17.5 Å². The molecular formula is C36H46ClIN2O6. The quantitative estimate of drug-likeness (QED) is 0.0246. The molecule has 2 aromatic rings. The molecule has 46 heavy (non-hydrogen) atoms. The van der Waals surface area contributed by atoms with Gasteiger partial charge in [0, 0.05) is 0 Å². The maximum absolute atomic E-state index is 13.4. The number of halogens is 2. The molecule has 0 heterocycles. The number of alkyl halides is 1. The molecule has 0 saturated carbocycles. The Morgan fingerprint density at radius 2 is 1.63 bits per heavy atom. The van der Waals surface area contributed by atoms with E-state index in [0.717, 1.165) is 5.56 Å².